The molecule has 3 heteroatoms. The maximum absolute atomic E-state index is 11.8. The van der Waals surface area contributed by atoms with Crippen LogP contribution in [0.2, 0.25) is 0 Å². The van der Waals surface area contributed by atoms with Crippen molar-refractivity contribution in [1.29, 1.82) is 0 Å². The molecule has 1 rings (SSSR count). The van der Waals surface area contributed by atoms with E-state index in [2.05, 4.69) is 6.92 Å². The topological polar surface area (TPSA) is 35.5 Å². The Labute approximate surface area is 103 Å². The van der Waals surface area contributed by atoms with Gasteiger partial charge in [-0.2, -0.15) is 0 Å². The summed E-state index contributed by atoms with van der Waals surface area (Å²) in [4.78, 5) is 11.8. The lowest BCUT2D eigenvalue weighted by molar-refractivity contribution is 0.0494. The van der Waals surface area contributed by atoms with Gasteiger partial charge in [-0.15, -0.1) is 0 Å². The number of ether oxygens (including phenoxy) is 2. The summed E-state index contributed by atoms with van der Waals surface area (Å²) < 4.78 is 10.3. The summed E-state index contributed by atoms with van der Waals surface area (Å²) in [6, 6.07) is 7.11. The van der Waals surface area contributed by atoms with E-state index in [1.165, 1.54) is 12.8 Å². The van der Waals surface area contributed by atoms with Crippen LogP contribution in [0.4, 0.5) is 0 Å². The molecule has 1 aromatic rings. The van der Waals surface area contributed by atoms with E-state index in [0.29, 0.717) is 17.9 Å². The van der Waals surface area contributed by atoms with E-state index < -0.39 is 0 Å². The van der Waals surface area contributed by atoms with Crippen molar-refractivity contribution in [3.8, 4) is 5.75 Å². The molecule has 0 aliphatic rings. The second-order valence-corrected chi connectivity index (χ2v) is 3.90. The van der Waals surface area contributed by atoms with Gasteiger partial charge in [-0.05, 0) is 18.6 Å². The van der Waals surface area contributed by atoms with Crippen molar-refractivity contribution in [2.75, 3.05) is 13.7 Å². The molecule has 3 nitrogen and oxygen atoms in total. The normalized spacial score (nSPS) is 10.0. The van der Waals surface area contributed by atoms with E-state index in [4.69, 9.17) is 9.47 Å². The molecule has 0 heterocycles. The molecule has 0 aliphatic heterocycles. The standard InChI is InChI=1S/C14H20O3/c1-3-4-5-8-11-17-14(15)12-9-6-7-10-13(12)16-2/h6-7,9-10H,3-5,8,11H2,1-2H3. The van der Waals surface area contributed by atoms with Crippen LogP contribution in [-0.2, 0) is 4.74 Å². The molecule has 0 unspecified atom stereocenters. The van der Waals surface area contributed by atoms with Crippen molar-refractivity contribution < 1.29 is 14.3 Å². The van der Waals surface area contributed by atoms with Gasteiger partial charge in [-0.3, -0.25) is 0 Å². The molecular weight excluding hydrogens is 216 g/mol. The molecule has 1 aromatic carbocycles. The fraction of sp³-hybridized carbons (Fsp3) is 0.500. The molecule has 94 valence electrons. The minimum absolute atomic E-state index is 0.307. The van der Waals surface area contributed by atoms with Crippen LogP contribution in [0, 0.1) is 0 Å². The number of carbonyl (C=O) groups is 1. The van der Waals surface area contributed by atoms with E-state index in [1.807, 2.05) is 6.07 Å². The minimum atomic E-state index is -0.307. The Hall–Kier alpha value is -1.51. The minimum Gasteiger partial charge on any atom is -0.496 e. The van der Waals surface area contributed by atoms with Gasteiger partial charge in [0.15, 0.2) is 0 Å². The zero-order valence-electron chi connectivity index (χ0n) is 10.6. The molecule has 0 aliphatic carbocycles. The van der Waals surface area contributed by atoms with Gasteiger partial charge in [0.05, 0.1) is 13.7 Å². The van der Waals surface area contributed by atoms with E-state index >= 15 is 0 Å². The monoisotopic (exact) mass is 236 g/mol. The SMILES string of the molecule is CCCCCCOC(=O)c1ccccc1OC. The van der Waals surface area contributed by atoms with Gasteiger partial charge in [0.25, 0.3) is 0 Å². The molecule has 0 fully saturated rings. The van der Waals surface area contributed by atoms with Gasteiger partial charge in [0.2, 0.25) is 0 Å². The third kappa shape index (κ3) is 4.47. The number of para-hydroxylation sites is 1. The number of rotatable bonds is 7. The van der Waals surface area contributed by atoms with Crippen LogP contribution in [0.1, 0.15) is 43.0 Å². The first kappa shape index (κ1) is 13.6. The van der Waals surface area contributed by atoms with Crippen LogP contribution in [0.15, 0.2) is 24.3 Å². The first-order valence-electron chi connectivity index (χ1n) is 6.09. The van der Waals surface area contributed by atoms with Crippen LogP contribution in [0.25, 0.3) is 0 Å². The second-order valence-electron chi connectivity index (χ2n) is 3.90. The van der Waals surface area contributed by atoms with Crippen LogP contribution < -0.4 is 4.74 Å². The van der Waals surface area contributed by atoms with Gasteiger partial charge in [-0.25, -0.2) is 4.79 Å². The summed E-state index contributed by atoms with van der Waals surface area (Å²) in [6.07, 6.45) is 4.40. The second kappa shape index (κ2) is 7.71. The predicted octanol–water partition coefficient (Wildman–Crippen LogP) is 3.43. The number of benzene rings is 1. The molecule has 0 aromatic heterocycles. The Morgan fingerprint density at radius 2 is 1.94 bits per heavy atom. The lowest BCUT2D eigenvalue weighted by Gasteiger charge is -2.08. The van der Waals surface area contributed by atoms with Crippen molar-refractivity contribution in [2.24, 2.45) is 0 Å². The van der Waals surface area contributed by atoms with Gasteiger partial charge in [-0.1, -0.05) is 38.3 Å². The lowest BCUT2D eigenvalue weighted by atomic mass is 10.2. The number of esters is 1. The number of hydrogen-bond acceptors (Lipinski definition) is 3. The quantitative estimate of drug-likeness (QED) is 0.537. The van der Waals surface area contributed by atoms with E-state index in [9.17, 15) is 4.79 Å². The van der Waals surface area contributed by atoms with Crippen LogP contribution >= 0.6 is 0 Å². The van der Waals surface area contributed by atoms with E-state index in [1.54, 1.807) is 25.3 Å². The molecular formula is C14H20O3. The lowest BCUT2D eigenvalue weighted by Crippen LogP contribution is -2.08. The van der Waals surface area contributed by atoms with Gasteiger partial charge in [0, 0.05) is 0 Å². The van der Waals surface area contributed by atoms with E-state index in [0.717, 1.165) is 12.8 Å². The zero-order valence-corrected chi connectivity index (χ0v) is 10.6. The fourth-order valence-corrected chi connectivity index (χ4v) is 1.58. The number of methoxy groups -OCH3 is 1. The summed E-state index contributed by atoms with van der Waals surface area (Å²) >= 11 is 0. The summed E-state index contributed by atoms with van der Waals surface area (Å²) in [5.74, 6) is 0.255. The molecule has 0 saturated carbocycles. The smallest absolute Gasteiger partial charge is 0.341 e. The largest absolute Gasteiger partial charge is 0.496 e. The average molecular weight is 236 g/mol. The maximum Gasteiger partial charge on any atom is 0.341 e. The van der Waals surface area contributed by atoms with Crippen molar-refractivity contribution >= 4 is 5.97 Å². The van der Waals surface area contributed by atoms with Crippen molar-refractivity contribution in [3.63, 3.8) is 0 Å². The fourth-order valence-electron chi connectivity index (χ4n) is 1.58. The summed E-state index contributed by atoms with van der Waals surface area (Å²) in [5, 5.41) is 0. The molecule has 0 N–H and O–H groups in total. The molecule has 0 saturated heterocycles. The van der Waals surface area contributed by atoms with Gasteiger partial charge >= 0.3 is 5.97 Å². The van der Waals surface area contributed by atoms with Gasteiger partial charge < -0.3 is 9.47 Å². The summed E-state index contributed by atoms with van der Waals surface area (Å²) in [5.41, 5.74) is 0.491. The first-order valence-corrected chi connectivity index (χ1v) is 6.09. The Kier molecular flexibility index (Phi) is 6.15. The average Bonchev–Trinajstić information content (AvgIpc) is 2.38. The maximum atomic E-state index is 11.8. The number of unbranched alkanes of at least 4 members (excludes halogenated alkanes) is 3. The van der Waals surface area contributed by atoms with Crippen molar-refractivity contribution in [1.82, 2.24) is 0 Å². The predicted molar refractivity (Wildman–Crippen MR) is 67.4 cm³/mol. The van der Waals surface area contributed by atoms with Crippen molar-refractivity contribution in [2.45, 2.75) is 32.6 Å². The highest BCUT2D eigenvalue weighted by molar-refractivity contribution is 5.92. The van der Waals surface area contributed by atoms with Crippen LogP contribution in [-0.4, -0.2) is 19.7 Å². The van der Waals surface area contributed by atoms with Gasteiger partial charge in [0.1, 0.15) is 11.3 Å². The molecule has 0 spiro atoms. The van der Waals surface area contributed by atoms with Crippen molar-refractivity contribution in [3.05, 3.63) is 29.8 Å². The highest BCUT2D eigenvalue weighted by Gasteiger charge is 2.12. The van der Waals surface area contributed by atoms with E-state index in [-0.39, 0.29) is 5.97 Å². The third-order valence-corrected chi connectivity index (χ3v) is 2.56. The summed E-state index contributed by atoms with van der Waals surface area (Å²) in [7, 11) is 1.55. The molecule has 0 radical (unpaired) electrons. The molecule has 0 bridgehead atoms. The van der Waals surface area contributed by atoms with Crippen LogP contribution in [0.5, 0.6) is 5.75 Å². The Morgan fingerprint density at radius 3 is 2.65 bits per heavy atom. The number of hydrogen-bond donors (Lipinski definition) is 0. The Morgan fingerprint density at radius 1 is 1.18 bits per heavy atom. The zero-order chi connectivity index (χ0) is 12.5. The first-order chi connectivity index (χ1) is 8.29. The van der Waals surface area contributed by atoms with Crippen LogP contribution in [0.3, 0.4) is 0 Å². The molecule has 17 heavy (non-hydrogen) atoms. The Balaban J connectivity index is 2.41. The third-order valence-electron chi connectivity index (χ3n) is 2.56. The molecule has 0 atom stereocenters. The molecule has 0 amide bonds. The Bertz CT molecular complexity index is 347. The highest BCUT2D eigenvalue weighted by atomic mass is 16.5. The summed E-state index contributed by atoms with van der Waals surface area (Å²) in [6.45, 7) is 2.64. The highest BCUT2D eigenvalue weighted by Crippen LogP contribution is 2.18. The number of carbonyl (C=O) groups excluding carboxylic acids is 1.